The van der Waals surface area contributed by atoms with Crippen LogP contribution in [0.1, 0.15) is 34.7 Å². The summed E-state index contributed by atoms with van der Waals surface area (Å²) in [6, 6.07) is 11.3. The second-order valence-corrected chi connectivity index (χ2v) is 7.04. The van der Waals surface area contributed by atoms with Crippen LogP contribution in [-0.2, 0) is 11.3 Å². The number of furan rings is 1. The molecule has 142 valence electrons. The Morgan fingerprint density at radius 2 is 2.00 bits per heavy atom. The van der Waals surface area contributed by atoms with Crippen LogP contribution in [0, 0.1) is 6.92 Å². The molecular weight excluding hydrogens is 348 g/mol. The molecule has 7 nitrogen and oxygen atoms in total. The Morgan fingerprint density at radius 3 is 2.67 bits per heavy atom. The van der Waals surface area contributed by atoms with E-state index in [1.54, 1.807) is 4.90 Å². The molecule has 1 spiro atoms. The molecule has 3 heterocycles. The molecule has 1 aromatic heterocycles. The third-order valence-electron chi connectivity index (χ3n) is 5.11. The SMILES string of the molecule is Cc1cc(COc2ccccc2)oc1C(=O)N1CCC2(CC1)CNC(=O)O2. The molecule has 1 aromatic carbocycles. The summed E-state index contributed by atoms with van der Waals surface area (Å²) in [6.45, 7) is 3.70. The van der Waals surface area contributed by atoms with E-state index in [-0.39, 0.29) is 18.6 Å². The van der Waals surface area contributed by atoms with Crippen molar-refractivity contribution in [1.29, 1.82) is 0 Å². The molecular formula is C20H22N2O5. The van der Waals surface area contributed by atoms with Crippen LogP contribution in [0.25, 0.3) is 0 Å². The molecule has 2 aromatic rings. The van der Waals surface area contributed by atoms with Gasteiger partial charge in [-0.2, -0.15) is 0 Å². The molecule has 0 aliphatic carbocycles. The monoisotopic (exact) mass is 370 g/mol. The number of piperidine rings is 1. The number of nitrogens with zero attached hydrogens (tertiary/aromatic N) is 1. The first-order valence-electron chi connectivity index (χ1n) is 9.08. The number of nitrogens with one attached hydrogen (secondary N) is 1. The van der Waals surface area contributed by atoms with Gasteiger partial charge in [0.1, 0.15) is 23.7 Å². The average molecular weight is 370 g/mol. The van der Waals surface area contributed by atoms with Crippen molar-refractivity contribution in [3.8, 4) is 5.75 Å². The van der Waals surface area contributed by atoms with Crippen LogP contribution in [0.5, 0.6) is 5.75 Å². The molecule has 0 unspecified atom stereocenters. The molecule has 2 amide bonds. The van der Waals surface area contributed by atoms with Gasteiger partial charge in [-0.05, 0) is 25.1 Å². The smallest absolute Gasteiger partial charge is 0.407 e. The van der Waals surface area contributed by atoms with E-state index in [4.69, 9.17) is 13.9 Å². The van der Waals surface area contributed by atoms with Crippen molar-refractivity contribution in [3.63, 3.8) is 0 Å². The lowest BCUT2D eigenvalue weighted by Gasteiger charge is -2.36. The van der Waals surface area contributed by atoms with Gasteiger partial charge in [-0.3, -0.25) is 4.79 Å². The fraction of sp³-hybridized carbons (Fsp3) is 0.400. The summed E-state index contributed by atoms with van der Waals surface area (Å²) < 4.78 is 16.9. The summed E-state index contributed by atoms with van der Waals surface area (Å²) in [5.74, 6) is 1.58. The van der Waals surface area contributed by atoms with Crippen molar-refractivity contribution >= 4 is 12.0 Å². The topological polar surface area (TPSA) is 81.0 Å². The lowest BCUT2D eigenvalue weighted by atomic mass is 9.91. The van der Waals surface area contributed by atoms with Gasteiger partial charge in [-0.15, -0.1) is 0 Å². The third kappa shape index (κ3) is 3.63. The highest BCUT2D eigenvalue weighted by Gasteiger charge is 2.44. The Labute approximate surface area is 157 Å². The maximum atomic E-state index is 12.8. The summed E-state index contributed by atoms with van der Waals surface area (Å²) in [7, 11) is 0. The maximum absolute atomic E-state index is 12.8. The number of aryl methyl sites for hydroxylation is 1. The van der Waals surface area contributed by atoms with E-state index in [0.29, 0.717) is 44.0 Å². The predicted octanol–water partition coefficient (Wildman–Crippen LogP) is 2.88. The molecule has 2 aliphatic rings. The molecule has 7 heteroatoms. The second kappa shape index (κ2) is 6.98. The lowest BCUT2D eigenvalue weighted by molar-refractivity contribution is 0.00234. The number of ether oxygens (including phenoxy) is 2. The number of benzene rings is 1. The number of hydrogen-bond donors (Lipinski definition) is 1. The summed E-state index contributed by atoms with van der Waals surface area (Å²) in [4.78, 5) is 25.9. The van der Waals surface area contributed by atoms with Crippen molar-refractivity contribution in [3.05, 3.63) is 53.5 Å². The zero-order valence-corrected chi connectivity index (χ0v) is 15.2. The van der Waals surface area contributed by atoms with Crippen LogP contribution in [0.4, 0.5) is 4.79 Å². The number of rotatable bonds is 4. The number of para-hydroxylation sites is 1. The van der Waals surface area contributed by atoms with E-state index < -0.39 is 5.60 Å². The summed E-state index contributed by atoms with van der Waals surface area (Å²) >= 11 is 0. The van der Waals surface area contributed by atoms with Gasteiger partial charge in [-0.25, -0.2) is 4.79 Å². The van der Waals surface area contributed by atoms with E-state index in [1.807, 2.05) is 43.3 Å². The van der Waals surface area contributed by atoms with Crippen molar-refractivity contribution in [2.24, 2.45) is 0 Å². The van der Waals surface area contributed by atoms with Crippen molar-refractivity contribution in [2.45, 2.75) is 32.0 Å². The van der Waals surface area contributed by atoms with E-state index in [9.17, 15) is 9.59 Å². The summed E-state index contributed by atoms with van der Waals surface area (Å²) in [5, 5.41) is 2.70. The number of carbonyl (C=O) groups is 2. The largest absolute Gasteiger partial charge is 0.486 e. The van der Waals surface area contributed by atoms with Crippen LogP contribution in [0.3, 0.4) is 0 Å². The zero-order chi connectivity index (χ0) is 18.9. The van der Waals surface area contributed by atoms with E-state index in [1.165, 1.54) is 0 Å². The van der Waals surface area contributed by atoms with Crippen LogP contribution >= 0.6 is 0 Å². The molecule has 27 heavy (non-hydrogen) atoms. The average Bonchev–Trinajstić information content (AvgIpc) is 3.23. The van der Waals surface area contributed by atoms with Gasteiger partial charge in [0.05, 0.1) is 6.54 Å². The Bertz CT molecular complexity index is 837. The first-order chi connectivity index (χ1) is 13.0. The minimum Gasteiger partial charge on any atom is -0.486 e. The molecule has 4 rings (SSSR count). The normalized spacial score (nSPS) is 18.3. The predicted molar refractivity (Wildman–Crippen MR) is 96.6 cm³/mol. The quantitative estimate of drug-likeness (QED) is 0.895. The van der Waals surface area contributed by atoms with E-state index in [0.717, 1.165) is 11.3 Å². The van der Waals surface area contributed by atoms with Crippen molar-refractivity contribution < 1.29 is 23.5 Å². The van der Waals surface area contributed by atoms with Gasteiger partial charge in [0, 0.05) is 31.5 Å². The highest BCUT2D eigenvalue weighted by molar-refractivity contribution is 5.93. The van der Waals surface area contributed by atoms with E-state index in [2.05, 4.69) is 5.32 Å². The Kier molecular flexibility index (Phi) is 4.51. The molecule has 2 aliphatic heterocycles. The van der Waals surface area contributed by atoms with Gasteiger partial charge in [-0.1, -0.05) is 18.2 Å². The Hall–Kier alpha value is -2.96. The van der Waals surface area contributed by atoms with Gasteiger partial charge in [0.25, 0.3) is 5.91 Å². The van der Waals surface area contributed by atoms with Gasteiger partial charge in [0.15, 0.2) is 5.76 Å². The maximum Gasteiger partial charge on any atom is 0.407 e. The second-order valence-electron chi connectivity index (χ2n) is 7.04. The van der Waals surface area contributed by atoms with Gasteiger partial charge in [0.2, 0.25) is 0 Å². The summed E-state index contributed by atoms with van der Waals surface area (Å²) in [6.07, 6.45) is 0.877. The molecule has 0 radical (unpaired) electrons. The van der Waals surface area contributed by atoms with Crippen LogP contribution in [0.2, 0.25) is 0 Å². The third-order valence-corrected chi connectivity index (χ3v) is 5.11. The fourth-order valence-electron chi connectivity index (χ4n) is 3.54. The molecule has 0 bridgehead atoms. The number of likely N-dealkylation sites (tertiary alicyclic amines) is 1. The van der Waals surface area contributed by atoms with Gasteiger partial charge < -0.3 is 24.1 Å². The molecule has 2 fully saturated rings. The number of hydrogen-bond acceptors (Lipinski definition) is 5. The highest BCUT2D eigenvalue weighted by atomic mass is 16.6. The highest BCUT2D eigenvalue weighted by Crippen LogP contribution is 2.30. The van der Waals surface area contributed by atoms with Crippen molar-refractivity contribution in [2.75, 3.05) is 19.6 Å². The standard InChI is InChI=1S/C20H22N2O5/c1-14-11-16(12-25-15-5-3-2-4-6-15)26-17(14)18(23)22-9-7-20(8-10-22)13-21-19(24)27-20/h2-6,11H,7-10,12-13H2,1H3,(H,21,24). The number of amides is 2. The first-order valence-corrected chi connectivity index (χ1v) is 9.08. The van der Waals surface area contributed by atoms with Gasteiger partial charge >= 0.3 is 6.09 Å². The first kappa shape index (κ1) is 17.5. The lowest BCUT2D eigenvalue weighted by Crippen LogP contribution is -2.48. The fourth-order valence-corrected chi connectivity index (χ4v) is 3.54. The summed E-state index contributed by atoms with van der Waals surface area (Å²) in [5.41, 5.74) is 0.321. The minimum atomic E-state index is -0.471. The zero-order valence-electron chi connectivity index (χ0n) is 15.2. The molecule has 2 saturated heterocycles. The van der Waals surface area contributed by atoms with Crippen LogP contribution < -0.4 is 10.1 Å². The van der Waals surface area contributed by atoms with E-state index >= 15 is 0 Å². The number of carbonyl (C=O) groups excluding carboxylic acids is 2. The van der Waals surface area contributed by atoms with Crippen LogP contribution in [0.15, 0.2) is 40.8 Å². The van der Waals surface area contributed by atoms with Crippen LogP contribution in [-0.4, -0.2) is 42.1 Å². The van der Waals surface area contributed by atoms with Crippen molar-refractivity contribution in [1.82, 2.24) is 10.2 Å². The number of alkyl carbamates (subject to hydrolysis) is 1. The molecule has 1 N–H and O–H groups in total. The molecule has 0 atom stereocenters. The molecule has 0 saturated carbocycles. The minimum absolute atomic E-state index is 0.134. The Morgan fingerprint density at radius 1 is 1.26 bits per heavy atom. The Balaban J connectivity index is 1.38.